The second kappa shape index (κ2) is 4.97. The third-order valence-electron chi connectivity index (χ3n) is 2.77. The molecule has 2 N–H and O–H groups in total. The molecule has 0 spiro atoms. The predicted octanol–water partition coefficient (Wildman–Crippen LogP) is 2.51. The number of rotatable bonds is 3. The van der Waals surface area contributed by atoms with E-state index in [1.807, 2.05) is 50.4 Å². The lowest BCUT2D eigenvalue weighted by Gasteiger charge is -2.13. The topological polar surface area (TPSA) is 45.2 Å². The highest BCUT2D eigenvalue weighted by Crippen LogP contribution is 2.23. The Morgan fingerprint density at radius 3 is 2.47 bits per heavy atom. The van der Waals surface area contributed by atoms with Crippen LogP contribution in [0.1, 0.15) is 22.8 Å². The molecule has 3 heteroatoms. The monoisotopic (exact) mass is 228 g/mol. The Kier molecular flexibility index (Phi) is 3.40. The van der Waals surface area contributed by atoms with Crippen molar-refractivity contribution in [1.82, 2.24) is 4.98 Å². The molecule has 0 aliphatic heterocycles. The van der Waals surface area contributed by atoms with E-state index in [2.05, 4.69) is 10.3 Å². The molecule has 3 nitrogen and oxygen atoms in total. The van der Waals surface area contributed by atoms with Crippen molar-refractivity contribution in [3.05, 3.63) is 59.3 Å². The maximum absolute atomic E-state index is 10.2. The lowest BCUT2D eigenvalue weighted by Crippen LogP contribution is -2.03. The maximum atomic E-state index is 10.2. The molecule has 1 heterocycles. The number of nitrogens with one attached hydrogen (secondary N) is 1. The molecule has 0 amide bonds. The Morgan fingerprint density at radius 1 is 1.18 bits per heavy atom. The van der Waals surface area contributed by atoms with Gasteiger partial charge in [-0.15, -0.1) is 0 Å². The van der Waals surface area contributed by atoms with Crippen LogP contribution in [0.4, 0.5) is 5.82 Å². The maximum Gasteiger partial charge on any atom is 0.128 e. The van der Waals surface area contributed by atoms with Gasteiger partial charge < -0.3 is 10.4 Å². The first-order valence-electron chi connectivity index (χ1n) is 5.59. The average Bonchev–Trinajstić information content (AvgIpc) is 2.39. The molecule has 0 fully saturated rings. The van der Waals surface area contributed by atoms with Crippen LogP contribution in [0.5, 0.6) is 0 Å². The van der Waals surface area contributed by atoms with Gasteiger partial charge in [-0.2, -0.15) is 0 Å². The van der Waals surface area contributed by atoms with Crippen molar-refractivity contribution in [2.75, 3.05) is 12.4 Å². The number of aromatic nitrogens is 1. The molecule has 0 radical (unpaired) electrons. The zero-order valence-electron chi connectivity index (χ0n) is 10.0. The Morgan fingerprint density at radius 2 is 1.88 bits per heavy atom. The van der Waals surface area contributed by atoms with Crippen molar-refractivity contribution in [3.8, 4) is 0 Å². The standard InChI is InChI=1S/C14H16N2O/c1-10-8-12(9-16-14(10)15-2)13(17)11-6-4-3-5-7-11/h3-9,13,17H,1-2H3,(H,15,16)/t13-/m1/s1. The first-order valence-corrected chi connectivity index (χ1v) is 5.59. The summed E-state index contributed by atoms with van der Waals surface area (Å²) in [5.74, 6) is 0.842. The third kappa shape index (κ3) is 2.45. The number of aliphatic hydroxyl groups excluding tert-OH is 1. The number of pyridine rings is 1. The lowest BCUT2D eigenvalue weighted by molar-refractivity contribution is 0.220. The van der Waals surface area contributed by atoms with Crippen LogP contribution >= 0.6 is 0 Å². The van der Waals surface area contributed by atoms with Gasteiger partial charge in [-0.05, 0) is 24.1 Å². The normalized spacial score (nSPS) is 12.2. The molecule has 1 aromatic heterocycles. The fraction of sp³-hybridized carbons (Fsp3) is 0.214. The number of nitrogens with zero attached hydrogens (tertiary/aromatic N) is 1. The van der Waals surface area contributed by atoms with Crippen molar-refractivity contribution in [2.45, 2.75) is 13.0 Å². The highest BCUT2D eigenvalue weighted by Gasteiger charge is 2.11. The van der Waals surface area contributed by atoms with E-state index in [-0.39, 0.29) is 0 Å². The van der Waals surface area contributed by atoms with Crippen LogP contribution in [0, 0.1) is 6.92 Å². The van der Waals surface area contributed by atoms with Gasteiger partial charge in [0.05, 0.1) is 0 Å². The highest BCUT2D eigenvalue weighted by atomic mass is 16.3. The second-order valence-corrected chi connectivity index (χ2v) is 4.00. The molecule has 1 aromatic carbocycles. The molecule has 2 aromatic rings. The zero-order chi connectivity index (χ0) is 12.3. The summed E-state index contributed by atoms with van der Waals surface area (Å²) in [6.45, 7) is 1.97. The summed E-state index contributed by atoms with van der Waals surface area (Å²) in [7, 11) is 1.84. The molecule has 1 atom stereocenters. The third-order valence-corrected chi connectivity index (χ3v) is 2.77. The molecular weight excluding hydrogens is 212 g/mol. The van der Waals surface area contributed by atoms with E-state index in [0.29, 0.717) is 0 Å². The Balaban J connectivity index is 2.32. The minimum atomic E-state index is -0.617. The summed E-state index contributed by atoms with van der Waals surface area (Å²) < 4.78 is 0. The smallest absolute Gasteiger partial charge is 0.128 e. The summed E-state index contributed by atoms with van der Waals surface area (Å²) in [6, 6.07) is 11.5. The van der Waals surface area contributed by atoms with E-state index in [1.165, 1.54) is 0 Å². The zero-order valence-corrected chi connectivity index (χ0v) is 10.0. The van der Waals surface area contributed by atoms with Crippen LogP contribution in [-0.2, 0) is 0 Å². The molecule has 88 valence electrons. The molecule has 0 aliphatic carbocycles. The largest absolute Gasteiger partial charge is 0.384 e. The number of hydrogen-bond donors (Lipinski definition) is 2. The minimum absolute atomic E-state index is 0.617. The van der Waals surface area contributed by atoms with Crippen LogP contribution in [0.2, 0.25) is 0 Å². The van der Waals surface area contributed by atoms with E-state index in [1.54, 1.807) is 6.20 Å². The van der Waals surface area contributed by atoms with Gasteiger partial charge in [0, 0.05) is 18.8 Å². The van der Waals surface area contributed by atoms with Gasteiger partial charge in [0.25, 0.3) is 0 Å². The Labute approximate surface area is 101 Å². The van der Waals surface area contributed by atoms with Crippen molar-refractivity contribution in [3.63, 3.8) is 0 Å². The number of aliphatic hydroxyl groups is 1. The van der Waals surface area contributed by atoms with Crippen molar-refractivity contribution in [2.24, 2.45) is 0 Å². The van der Waals surface area contributed by atoms with Crippen molar-refractivity contribution < 1.29 is 5.11 Å². The number of hydrogen-bond acceptors (Lipinski definition) is 3. The van der Waals surface area contributed by atoms with Crippen LogP contribution in [-0.4, -0.2) is 17.1 Å². The molecule has 0 bridgehead atoms. The molecular formula is C14H16N2O. The summed E-state index contributed by atoms with van der Waals surface area (Å²) in [5, 5.41) is 13.2. The van der Waals surface area contributed by atoms with Crippen LogP contribution in [0.15, 0.2) is 42.6 Å². The summed E-state index contributed by atoms with van der Waals surface area (Å²) in [6.07, 6.45) is 1.09. The first-order chi connectivity index (χ1) is 8.22. The van der Waals surface area contributed by atoms with E-state index >= 15 is 0 Å². The lowest BCUT2D eigenvalue weighted by atomic mass is 10.0. The fourth-order valence-corrected chi connectivity index (χ4v) is 1.84. The number of benzene rings is 1. The Bertz CT molecular complexity index is 497. The van der Waals surface area contributed by atoms with Gasteiger partial charge in [0.2, 0.25) is 0 Å². The average molecular weight is 228 g/mol. The second-order valence-electron chi connectivity index (χ2n) is 4.00. The van der Waals surface area contributed by atoms with E-state index in [4.69, 9.17) is 0 Å². The SMILES string of the molecule is CNc1ncc([C@H](O)c2ccccc2)cc1C. The van der Waals surface area contributed by atoms with E-state index in [0.717, 1.165) is 22.5 Å². The number of anilines is 1. The van der Waals surface area contributed by atoms with Crippen molar-refractivity contribution >= 4 is 5.82 Å². The van der Waals surface area contributed by atoms with Gasteiger partial charge in [0.1, 0.15) is 11.9 Å². The van der Waals surface area contributed by atoms with Crippen LogP contribution < -0.4 is 5.32 Å². The van der Waals surface area contributed by atoms with Gasteiger partial charge in [0.15, 0.2) is 0 Å². The molecule has 0 unspecified atom stereocenters. The van der Waals surface area contributed by atoms with Gasteiger partial charge in [-0.25, -0.2) is 4.98 Å². The quantitative estimate of drug-likeness (QED) is 0.848. The minimum Gasteiger partial charge on any atom is -0.384 e. The van der Waals surface area contributed by atoms with Gasteiger partial charge in [-0.1, -0.05) is 30.3 Å². The molecule has 2 rings (SSSR count). The first kappa shape index (κ1) is 11.6. The fourth-order valence-electron chi connectivity index (χ4n) is 1.84. The van der Waals surface area contributed by atoms with E-state index in [9.17, 15) is 5.11 Å². The van der Waals surface area contributed by atoms with Crippen LogP contribution in [0.3, 0.4) is 0 Å². The molecule has 0 saturated heterocycles. The summed E-state index contributed by atoms with van der Waals surface area (Å²) >= 11 is 0. The molecule has 0 saturated carbocycles. The summed E-state index contributed by atoms with van der Waals surface area (Å²) in [4.78, 5) is 4.27. The number of aryl methyl sites for hydroxylation is 1. The molecule has 17 heavy (non-hydrogen) atoms. The van der Waals surface area contributed by atoms with Crippen LogP contribution in [0.25, 0.3) is 0 Å². The van der Waals surface area contributed by atoms with E-state index < -0.39 is 6.10 Å². The predicted molar refractivity (Wildman–Crippen MR) is 69.0 cm³/mol. The van der Waals surface area contributed by atoms with Gasteiger partial charge >= 0.3 is 0 Å². The Hall–Kier alpha value is -1.87. The van der Waals surface area contributed by atoms with Crippen molar-refractivity contribution in [1.29, 1.82) is 0 Å². The van der Waals surface area contributed by atoms with Gasteiger partial charge in [-0.3, -0.25) is 0 Å². The highest BCUT2D eigenvalue weighted by molar-refractivity contribution is 5.45. The summed E-state index contributed by atoms with van der Waals surface area (Å²) in [5.41, 5.74) is 2.72. The molecule has 0 aliphatic rings.